The van der Waals surface area contributed by atoms with Crippen LogP contribution in [0.25, 0.3) is 10.9 Å². The van der Waals surface area contributed by atoms with Crippen molar-refractivity contribution in [1.29, 1.82) is 5.26 Å². The number of methoxy groups -OCH3 is 1. The van der Waals surface area contributed by atoms with Gasteiger partial charge in [-0.15, -0.1) is 0 Å². The van der Waals surface area contributed by atoms with Gasteiger partial charge in [-0.05, 0) is 53.4 Å². The Labute approximate surface area is 246 Å². The van der Waals surface area contributed by atoms with E-state index in [1.165, 1.54) is 32.8 Å². The molecule has 1 aliphatic carbocycles. The standard InChI is InChI=1S/C30H36F3N5O5/c1-14-8-19-15(11-20(14)43-7)9-16(24(39)36-19)10-17(12-34)35-25(40)22-21-18(29(21,5)6)13-38(22)26(41)23(28(2,3)4)37-27(42)30(31,32)33/h8-9,11,17-18,21-23H,10,13H2,1-7H3,(H,35,40)(H,36,39)(H,37,42)/t17-,18-,21-,22-,23+/m0/s1. The molecular weight excluding hydrogens is 567 g/mol. The van der Waals surface area contributed by atoms with Gasteiger partial charge in [0.25, 0.3) is 5.56 Å². The Kier molecular flexibility index (Phi) is 8.06. The van der Waals surface area contributed by atoms with Crippen molar-refractivity contribution in [2.75, 3.05) is 13.7 Å². The minimum absolute atomic E-state index is 0.0894. The summed E-state index contributed by atoms with van der Waals surface area (Å²) in [4.78, 5) is 56.0. The summed E-state index contributed by atoms with van der Waals surface area (Å²) >= 11 is 0. The van der Waals surface area contributed by atoms with Crippen LogP contribution in [0.2, 0.25) is 0 Å². The second kappa shape index (κ2) is 10.9. The molecule has 43 heavy (non-hydrogen) atoms. The Balaban J connectivity index is 1.58. The third-order valence-electron chi connectivity index (χ3n) is 8.74. The number of aromatic amines is 1. The summed E-state index contributed by atoms with van der Waals surface area (Å²) in [5, 5.41) is 15.0. The number of benzene rings is 1. The highest BCUT2D eigenvalue weighted by Gasteiger charge is 2.70. The van der Waals surface area contributed by atoms with Crippen LogP contribution in [-0.2, 0) is 20.8 Å². The molecule has 2 fully saturated rings. The number of H-pyrrole nitrogens is 1. The highest BCUT2D eigenvalue weighted by molar-refractivity contribution is 5.95. The molecule has 0 unspecified atom stereocenters. The number of piperidine rings is 1. The molecule has 3 N–H and O–H groups in total. The van der Waals surface area contributed by atoms with E-state index in [9.17, 15) is 37.6 Å². The van der Waals surface area contributed by atoms with Crippen molar-refractivity contribution >= 4 is 28.6 Å². The van der Waals surface area contributed by atoms with Gasteiger partial charge in [-0.1, -0.05) is 34.6 Å². The molecule has 10 nitrogen and oxygen atoms in total. The Morgan fingerprint density at radius 1 is 1.19 bits per heavy atom. The molecule has 0 spiro atoms. The molecule has 1 aromatic carbocycles. The normalized spacial score (nSPS) is 22.3. The van der Waals surface area contributed by atoms with E-state index in [-0.39, 0.29) is 35.8 Å². The maximum absolute atomic E-state index is 13.7. The van der Waals surface area contributed by atoms with Gasteiger partial charge in [0.05, 0.1) is 13.2 Å². The number of rotatable bonds is 7. The predicted octanol–water partition coefficient (Wildman–Crippen LogP) is 2.97. The Bertz CT molecular complexity index is 1570. The number of likely N-dealkylation sites (tertiary alicyclic amines) is 1. The largest absolute Gasteiger partial charge is 0.496 e. The van der Waals surface area contributed by atoms with E-state index in [1.807, 2.05) is 32.2 Å². The zero-order valence-electron chi connectivity index (χ0n) is 25.1. The van der Waals surface area contributed by atoms with Gasteiger partial charge in [0.15, 0.2) is 0 Å². The van der Waals surface area contributed by atoms with Crippen LogP contribution < -0.4 is 20.9 Å². The van der Waals surface area contributed by atoms with Crippen molar-refractivity contribution in [2.45, 2.75) is 72.3 Å². The van der Waals surface area contributed by atoms with Gasteiger partial charge in [0, 0.05) is 29.4 Å². The third-order valence-corrected chi connectivity index (χ3v) is 8.74. The number of ether oxygens (including phenoxy) is 1. The van der Waals surface area contributed by atoms with E-state index >= 15 is 0 Å². The number of carbonyl (C=O) groups is 3. The SMILES string of the molecule is COc1cc2cc(C[C@@H](C#N)NC(=O)[C@@H]3[C@@H]4[C@H](CN3C(=O)[C@@H](NC(=O)C(F)(F)F)C(C)(C)C)C4(C)C)c(=O)[nH]c2cc1C. The van der Waals surface area contributed by atoms with Crippen LogP contribution in [0.15, 0.2) is 23.0 Å². The van der Waals surface area contributed by atoms with Crippen molar-refractivity contribution in [3.05, 3.63) is 39.7 Å². The summed E-state index contributed by atoms with van der Waals surface area (Å²) < 4.78 is 44.6. The lowest BCUT2D eigenvalue weighted by Gasteiger charge is -2.37. The number of halogens is 3. The molecule has 1 saturated heterocycles. The summed E-state index contributed by atoms with van der Waals surface area (Å²) in [5.74, 6) is -3.48. The first-order valence-corrected chi connectivity index (χ1v) is 13.9. The zero-order chi connectivity index (χ0) is 32.2. The summed E-state index contributed by atoms with van der Waals surface area (Å²) in [6, 6.07) is 3.38. The summed E-state index contributed by atoms with van der Waals surface area (Å²) in [5.41, 5.74) is -0.200. The fourth-order valence-corrected chi connectivity index (χ4v) is 6.21. The molecule has 2 aliphatic rings. The average molecular weight is 604 g/mol. The van der Waals surface area contributed by atoms with Crippen molar-refractivity contribution < 1.29 is 32.3 Å². The topological polar surface area (TPSA) is 144 Å². The van der Waals surface area contributed by atoms with Crippen LogP contribution in [-0.4, -0.2) is 65.6 Å². The number of hydrogen-bond donors (Lipinski definition) is 3. The van der Waals surface area contributed by atoms with Crippen molar-refractivity contribution in [3.8, 4) is 11.8 Å². The molecule has 13 heteroatoms. The number of nitrogens with one attached hydrogen (secondary N) is 3. The second-order valence-corrected chi connectivity index (χ2v) is 13.1. The number of aryl methyl sites for hydroxylation is 1. The zero-order valence-corrected chi connectivity index (χ0v) is 25.1. The lowest BCUT2D eigenvalue weighted by Crippen LogP contribution is -2.61. The molecule has 1 aliphatic heterocycles. The number of alkyl halides is 3. The molecule has 4 rings (SSSR count). The van der Waals surface area contributed by atoms with Gasteiger partial charge >= 0.3 is 12.1 Å². The molecule has 232 valence electrons. The molecule has 3 amide bonds. The van der Waals surface area contributed by atoms with E-state index in [2.05, 4.69) is 10.3 Å². The molecule has 5 atom stereocenters. The molecule has 2 heterocycles. The smallest absolute Gasteiger partial charge is 0.471 e. The predicted molar refractivity (Wildman–Crippen MR) is 151 cm³/mol. The van der Waals surface area contributed by atoms with Gasteiger partial charge in [-0.3, -0.25) is 19.2 Å². The van der Waals surface area contributed by atoms with Gasteiger partial charge in [-0.25, -0.2) is 0 Å². The number of nitrogens with zero attached hydrogens (tertiary/aromatic N) is 2. The quantitative estimate of drug-likeness (QED) is 0.444. The van der Waals surface area contributed by atoms with Crippen LogP contribution >= 0.6 is 0 Å². The lowest BCUT2D eigenvalue weighted by atomic mass is 9.85. The number of carbonyl (C=O) groups excluding carboxylic acids is 3. The van der Waals surface area contributed by atoms with Gasteiger partial charge < -0.3 is 25.3 Å². The van der Waals surface area contributed by atoms with E-state index in [0.29, 0.717) is 16.7 Å². The van der Waals surface area contributed by atoms with E-state index < -0.39 is 53.0 Å². The molecule has 0 bridgehead atoms. The number of hydrogen-bond acceptors (Lipinski definition) is 6. The van der Waals surface area contributed by atoms with Crippen LogP contribution in [0, 0.1) is 40.9 Å². The average Bonchev–Trinajstić information content (AvgIpc) is 3.21. The highest BCUT2D eigenvalue weighted by atomic mass is 19.4. The highest BCUT2D eigenvalue weighted by Crippen LogP contribution is 2.65. The maximum atomic E-state index is 13.7. The fourth-order valence-electron chi connectivity index (χ4n) is 6.21. The number of pyridine rings is 1. The van der Waals surface area contributed by atoms with Crippen molar-refractivity contribution in [3.63, 3.8) is 0 Å². The van der Waals surface area contributed by atoms with E-state index in [0.717, 1.165) is 5.56 Å². The lowest BCUT2D eigenvalue weighted by molar-refractivity contribution is -0.176. The van der Waals surface area contributed by atoms with Crippen LogP contribution in [0.1, 0.15) is 45.7 Å². The Morgan fingerprint density at radius 2 is 1.84 bits per heavy atom. The minimum atomic E-state index is -5.19. The number of fused-ring (bicyclic) bond motifs is 2. The molecule has 1 aromatic heterocycles. The van der Waals surface area contributed by atoms with Crippen molar-refractivity contribution in [1.82, 2.24) is 20.5 Å². The molecule has 2 aromatic rings. The van der Waals surface area contributed by atoms with Gasteiger partial charge in [0.1, 0.15) is 23.9 Å². The number of amides is 3. The molecular formula is C30H36F3N5O5. The number of aromatic nitrogens is 1. The first kappa shape index (κ1) is 31.8. The summed E-state index contributed by atoms with van der Waals surface area (Å²) in [6.45, 7) is 10.4. The van der Waals surface area contributed by atoms with Crippen LogP contribution in [0.4, 0.5) is 13.2 Å². The third kappa shape index (κ3) is 6.05. The fraction of sp³-hybridized carbons (Fsp3) is 0.567. The van der Waals surface area contributed by atoms with E-state index in [4.69, 9.17) is 4.74 Å². The molecule has 0 radical (unpaired) electrons. The maximum Gasteiger partial charge on any atom is 0.471 e. The summed E-state index contributed by atoms with van der Waals surface area (Å²) in [6.07, 6.45) is -5.33. The van der Waals surface area contributed by atoms with Crippen LogP contribution in [0.5, 0.6) is 5.75 Å². The van der Waals surface area contributed by atoms with Crippen molar-refractivity contribution in [2.24, 2.45) is 22.7 Å². The molecule has 1 saturated carbocycles. The van der Waals surface area contributed by atoms with E-state index in [1.54, 1.807) is 18.2 Å². The van der Waals surface area contributed by atoms with Gasteiger partial charge in [-0.2, -0.15) is 18.4 Å². The monoisotopic (exact) mass is 603 g/mol. The summed E-state index contributed by atoms with van der Waals surface area (Å²) in [7, 11) is 1.53. The first-order valence-electron chi connectivity index (χ1n) is 13.9. The van der Waals surface area contributed by atoms with Crippen LogP contribution in [0.3, 0.4) is 0 Å². The Hall–Kier alpha value is -4.08. The van der Waals surface area contributed by atoms with Gasteiger partial charge in [0.2, 0.25) is 11.8 Å². The second-order valence-electron chi connectivity index (χ2n) is 13.1. The minimum Gasteiger partial charge on any atom is -0.496 e. The number of nitriles is 1. The first-order chi connectivity index (χ1) is 19.8. The Morgan fingerprint density at radius 3 is 2.40 bits per heavy atom.